The summed E-state index contributed by atoms with van der Waals surface area (Å²) in [6.45, 7) is 2.11. The van der Waals surface area contributed by atoms with Gasteiger partial charge < -0.3 is 0 Å². The molecule has 0 aliphatic carbocycles. The first-order valence-electron chi connectivity index (χ1n) is 4.87. The number of aromatic nitrogens is 1. The summed E-state index contributed by atoms with van der Waals surface area (Å²) in [4.78, 5) is 4.29. The van der Waals surface area contributed by atoms with Crippen LogP contribution in [0.5, 0.6) is 0 Å². The molecule has 0 amide bonds. The summed E-state index contributed by atoms with van der Waals surface area (Å²) < 4.78 is 0. The SMILES string of the molecule is CC(=Cc1ccc2ncccc2c1)CBr. The molecule has 1 nitrogen and oxygen atoms in total. The third-order valence-corrected chi connectivity index (χ3v) is 3.14. The Bertz CT molecular complexity index is 503. The molecule has 0 aliphatic heterocycles. The fourth-order valence-corrected chi connectivity index (χ4v) is 1.67. The van der Waals surface area contributed by atoms with Crippen LogP contribution in [0.1, 0.15) is 12.5 Å². The Balaban J connectivity index is 2.47. The lowest BCUT2D eigenvalue weighted by Crippen LogP contribution is -1.81. The van der Waals surface area contributed by atoms with E-state index >= 15 is 0 Å². The molecule has 0 aliphatic rings. The van der Waals surface area contributed by atoms with Gasteiger partial charge in [-0.05, 0) is 30.7 Å². The predicted molar refractivity (Wildman–Crippen MR) is 69.2 cm³/mol. The summed E-state index contributed by atoms with van der Waals surface area (Å²) in [6.07, 6.45) is 4.00. The quantitative estimate of drug-likeness (QED) is 0.744. The number of hydrogen-bond donors (Lipinski definition) is 0. The zero-order chi connectivity index (χ0) is 10.7. The maximum Gasteiger partial charge on any atom is 0.0702 e. The summed E-state index contributed by atoms with van der Waals surface area (Å²) >= 11 is 3.44. The first-order valence-corrected chi connectivity index (χ1v) is 5.99. The average Bonchev–Trinajstić information content (AvgIpc) is 2.29. The highest BCUT2D eigenvalue weighted by atomic mass is 79.9. The molecule has 76 valence electrons. The number of pyridine rings is 1. The van der Waals surface area contributed by atoms with E-state index in [4.69, 9.17) is 0 Å². The first kappa shape index (κ1) is 10.4. The molecule has 2 rings (SSSR count). The van der Waals surface area contributed by atoms with Crippen LogP contribution < -0.4 is 0 Å². The van der Waals surface area contributed by atoms with Crippen molar-refractivity contribution >= 4 is 32.9 Å². The van der Waals surface area contributed by atoms with Crippen molar-refractivity contribution < 1.29 is 0 Å². The van der Waals surface area contributed by atoms with E-state index < -0.39 is 0 Å². The lowest BCUT2D eigenvalue weighted by molar-refractivity contribution is 1.41. The smallest absolute Gasteiger partial charge is 0.0702 e. The Labute approximate surface area is 98.0 Å². The highest BCUT2D eigenvalue weighted by molar-refractivity contribution is 9.09. The van der Waals surface area contributed by atoms with Crippen LogP contribution in [0.15, 0.2) is 42.1 Å². The van der Waals surface area contributed by atoms with Crippen LogP contribution in [-0.4, -0.2) is 10.3 Å². The molecule has 0 fully saturated rings. The van der Waals surface area contributed by atoms with E-state index in [1.54, 1.807) is 0 Å². The molecule has 0 atom stereocenters. The zero-order valence-electron chi connectivity index (χ0n) is 8.57. The van der Waals surface area contributed by atoms with Gasteiger partial charge in [0.05, 0.1) is 5.52 Å². The number of fused-ring (bicyclic) bond motifs is 1. The van der Waals surface area contributed by atoms with E-state index in [2.05, 4.69) is 58.2 Å². The first-order chi connectivity index (χ1) is 7.29. The Hall–Kier alpha value is -1.15. The van der Waals surface area contributed by atoms with Crippen LogP contribution in [-0.2, 0) is 0 Å². The summed E-state index contributed by atoms with van der Waals surface area (Å²) in [7, 11) is 0. The molecule has 0 saturated heterocycles. The van der Waals surface area contributed by atoms with Crippen LogP contribution in [0.4, 0.5) is 0 Å². The minimum atomic E-state index is 0.915. The Morgan fingerprint density at radius 3 is 3.07 bits per heavy atom. The predicted octanol–water partition coefficient (Wildman–Crippen LogP) is 4.03. The van der Waals surface area contributed by atoms with Gasteiger partial charge in [-0.2, -0.15) is 0 Å². The van der Waals surface area contributed by atoms with Gasteiger partial charge >= 0.3 is 0 Å². The normalized spacial score (nSPS) is 12.0. The van der Waals surface area contributed by atoms with Crippen molar-refractivity contribution in [2.45, 2.75) is 6.92 Å². The number of alkyl halides is 1. The van der Waals surface area contributed by atoms with Gasteiger partial charge in [0, 0.05) is 16.9 Å². The van der Waals surface area contributed by atoms with Gasteiger partial charge in [0.25, 0.3) is 0 Å². The minimum Gasteiger partial charge on any atom is -0.256 e. The highest BCUT2D eigenvalue weighted by Gasteiger charge is 1.95. The van der Waals surface area contributed by atoms with E-state index in [1.165, 1.54) is 16.5 Å². The van der Waals surface area contributed by atoms with E-state index in [9.17, 15) is 0 Å². The van der Waals surface area contributed by atoms with Crippen molar-refractivity contribution in [3.63, 3.8) is 0 Å². The molecule has 1 heterocycles. The monoisotopic (exact) mass is 261 g/mol. The maximum absolute atomic E-state index is 4.29. The topological polar surface area (TPSA) is 12.9 Å². The van der Waals surface area contributed by atoms with Crippen LogP contribution in [0, 0.1) is 0 Å². The van der Waals surface area contributed by atoms with Gasteiger partial charge in [0.1, 0.15) is 0 Å². The van der Waals surface area contributed by atoms with Crippen molar-refractivity contribution in [3.8, 4) is 0 Å². The molecule has 2 aromatic rings. The molecule has 15 heavy (non-hydrogen) atoms. The third-order valence-electron chi connectivity index (χ3n) is 2.25. The second-order valence-corrected chi connectivity index (χ2v) is 4.14. The number of allylic oxidation sites excluding steroid dienone is 1. The molecule has 1 aromatic carbocycles. The Kier molecular flexibility index (Phi) is 3.17. The van der Waals surface area contributed by atoms with Crippen LogP contribution in [0.2, 0.25) is 0 Å². The standard InChI is InChI=1S/C13H12BrN/c1-10(9-14)7-11-4-5-13-12(8-11)3-2-6-15-13/h2-8H,9H2,1H3. The molecule has 0 radical (unpaired) electrons. The van der Waals surface area contributed by atoms with Crippen molar-refractivity contribution in [1.29, 1.82) is 0 Å². The van der Waals surface area contributed by atoms with Gasteiger partial charge in [-0.25, -0.2) is 0 Å². The highest BCUT2D eigenvalue weighted by Crippen LogP contribution is 2.16. The molecule has 0 unspecified atom stereocenters. The van der Waals surface area contributed by atoms with Gasteiger partial charge in [0.15, 0.2) is 0 Å². The van der Waals surface area contributed by atoms with Crippen molar-refractivity contribution in [3.05, 3.63) is 47.7 Å². The minimum absolute atomic E-state index is 0.915. The van der Waals surface area contributed by atoms with Crippen molar-refractivity contribution in [2.75, 3.05) is 5.33 Å². The fourth-order valence-electron chi connectivity index (χ4n) is 1.51. The fraction of sp³-hybridized carbons (Fsp3) is 0.154. The van der Waals surface area contributed by atoms with Crippen LogP contribution >= 0.6 is 15.9 Å². The second kappa shape index (κ2) is 4.58. The molecular formula is C13H12BrN. The van der Waals surface area contributed by atoms with Crippen molar-refractivity contribution in [1.82, 2.24) is 4.98 Å². The summed E-state index contributed by atoms with van der Waals surface area (Å²) in [6, 6.07) is 10.4. The number of benzene rings is 1. The molecule has 0 spiro atoms. The van der Waals surface area contributed by atoms with Crippen LogP contribution in [0.3, 0.4) is 0 Å². The van der Waals surface area contributed by atoms with E-state index in [0.717, 1.165) is 10.8 Å². The van der Waals surface area contributed by atoms with Gasteiger partial charge in [-0.3, -0.25) is 4.98 Å². The van der Waals surface area contributed by atoms with E-state index in [0.29, 0.717) is 0 Å². The Morgan fingerprint density at radius 2 is 2.27 bits per heavy atom. The second-order valence-electron chi connectivity index (χ2n) is 3.58. The number of halogens is 1. The summed E-state index contributed by atoms with van der Waals surface area (Å²) in [5.41, 5.74) is 3.59. The lowest BCUT2D eigenvalue weighted by Gasteiger charge is -1.99. The molecule has 0 saturated carbocycles. The lowest BCUT2D eigenvalue weighted by atomic mass is 10.1. The number of hydrogen-bond acceptors (Lipinski definition) is 1. The molecule has 0 bridgehead atoms. The van der Waals surface area contributed by atoms with E-state index in [1.807, 2.05) is 12.3 Å². The zero-order valence-corrected chi connectivity index (χ0v) is 10.2. The molecule has 1 aromatic heterocycles. The molecule has 2 heteroatoms. The summed E-state index contributed by atoms with van der Waals surface area (Å²) in [5.74, 6) is 0. The number of nitrogens with zero attached hydrogens (tertiary/aromatic N) is 1. The maximum atomic E-state index is 4.29. The van der Waals surface area contributed by atoms with Crippen molar-refractivity contribution in [2.24, 2.45) is 0 Å². The van der Waals surface area contributed by atoms with Gasteiger partial charge in [-0.15, -0.1) is 0 Å². The largest absolute Gasteiger partial charge is 0.256 e. The molecule has 0 N–H and O–H groups in total. The molecular weight excluding hydrogens is 250 g/mol. The average molecular weight is 262 g/mol. The number of rotatable bonds is 2. The Morgan fingerprint density at radius 1 is 1.40 bits per heavy atom. The van der Waals surface area contributed by atoms with Gasteiger partial charge in [-0.1, -0.05) is 39.7 Å². The van der Waals surface area contributed by atoms with E-state index in [-0.39, 0.29) is 0 Å². The van der Waals surface area contributed by atoms with Crippen LogP contribution in [0.25, 0.3) is 17.0 Å². The van der Waals surface area contributed by atoms with Gasteiger partial charge in [0.2, 0.25) is 0 Å². The third kappa shape index (κ3) is 2.45. The summed E-state index contributed by atoms with van der Waals surface area (Å²) in [5, 5.41) is 2.10.